The normalized spacial score (nSPS) is 22.8. The molecule has 2 heterocycles. The van der Waals surface area contributed by atoms with Crippen molar-refractivity contribution < 1.29 is 14.3 Å². The third kappa shape index (κ3) is 4.31. The van der Waals surface area contributed by atoms with Crippen LogP contribution in [-0.4, -0.2) is 52.2 Å². The lowest BCUT2D eigenvalue weighted by atomic mass is 10.0. The van der Waals surface area contributed by atoms with Gasteiger partial charge >= 0.3 is 12.0 Å². The van der Waals surface area contributed by atoms with E-state index in [2.05, 4.69) is 26.1 Å². The van der Waals surface area contributed by atoms with E-state index in [1.54, 1.807) is 11.9 Å². The van der Waals surface area contributed by atoms with Crippen molar-refractivity contribution in [3.63, 3.8) is 0 Å². The summed E-state index contributed by atoms with van der Waals surface area (Å²) in [6.07, 6.45) is 7.19. The molecule has 1 atom stereocenters. The topological polar surface area (TPSA) is 75.6 Å². The first-order valence-electron chi connectivity index (χ1n) is 8.73. The van der Waals surface area contributed by atoms with E-state index >= 15 is 0 Å². The number of hydrogen-bond acceptors (Lipinski definition) is 6. The van der Waals surface area contributed by atoms with Crippen molar-refractivity contribution in [3.8, 4) is 0 Å². The van der Waals surface area contributed by atoms with Crippen LogP contribution in [0, 0.1) is 0 Å². The molecule has 0 spiro atoms. The molecule has 2 fully saturated rings. The van der Waals surface area contributed by atoms with Gasteiger partial charge in [-0.05, 0) is 12.8 Å². The van der Waals surface area contributed by atoms with E-state index in [1.807, 2.05) is 0 Å². The van der Waals surface area contributed by atoms with Crippen LogP contribution in [0.1, 0.15) is 55.9 Å². The molecule has 0 N–H and O–H groups in total. The number of halogens is 1. The number of alkyl halides is 1. The molecule has 25 heavy (non-hydrogen) atoms. The Kier molecular flexibility index (Phi) is 6.27. The van der Waals surface area contributed by atoms with Crippen LogP contribution in [0.4, 0.5) is 9.93 Å². The number of rotatable bonds is 4. The Bertz CT molecular complexity index is 618. The van der Waals surface area contributed by atoms with Gasteiger partial charge < -0.3 is 9.64 Å². The maximum Gasteiger partial charge on any atom is 0.329 e. The van der Waals surface area contributed by atoms with E-state index in [1.165, 1.54) is 41.9 Å². The van der Waals surface area contributed by atoms with Crippen LogP contribution in [0.3, 0.4) is 0 Å². The summed E-state index contributed by atoms with van der Waals surface area (Å²) in [5.41, 5.74) is 0. The molecule has 7 nitrogen and oxygen atoms in total. The van der Waals surface area contributed by atoms with Gasteiger partial charge in [-0.3, -0.25) is 4.79 Å². The van der Waals surface area contributed by atoms with Crippen molar-refractivity contribution in [1.29, 1.82) is 0 Å². The Labute approximate surface area is 159 Å². The lowest BCUT2D eigenvalue weighted by Gasteiger charge is -2.37. The molecule has 3 rings (SSSR count). The van der Waals surface area contributed by atoms with E-state index in [9.17, 15) is 9.59 Å². The van der Waals surface area contributed by atoms with Crippen LogP contribution in [0.2, 0.25) is 0 Å². The fourth-order valence-electron chi connectivity index (χ4n) is 3.35. The molecule has 138 valence electrons. The smallest absolute Gasteiger partial charge is 0.329 e. The van der Waals surface area contributed by atoms with Crippen LogP contribution in [-0.2, 0) is 9.53 Å². The van der Waals surface area contributed by atoms with Gasteiger partial charge in [0.15, 0.2) is 6.23 Å². The lowest BCUT2D eigenvalue weighted by Crippen LogP contribution is -2.54. The van der Waals surface area contributed by atoms with Gasteiger partial charge in [0.1, 0.15) is 10.3 Å². The number of nitrogens with zero attached hydrogens (tertiary/aromatic N) is 4. The maximum absolute atomic E-state index is 12.6. The number of amides is 2. The fraction of sp³-hybridized carbons (Fsp3) is 0.750. The molecule has 2 aliphatic rings. The van der Waals surface area contributed by atoms with Gasteiger partial charge in [-0.1, -0.05) is 53.0 Å². The minimum Gasteiger partial charge on any atom is -0.440 e. The predicted molar refractivity (Wildman–Crippen MR) is 99.1 cm³/mol. The molecule has 1 aliphatic carbocycles. The highest BCUT2D eigenvalue weighted by molar-refractivity contribution is 9.09. The zero-order valence-corrected chi connectivity index (χ0v) is 16.7. The Morgan fingerprint density at radius 2 is 1.96 bits per heavy atom. The van der Waals surface area contributed by atoms with E-state index in [4.69, 9.17) is 4.74 Å². The van der Waals surface area contributed by atoms with E-state index in [0.29, 0.717) is 24.0 Å². The van der Waals surface area contributed by atoms with Crippen LogP contribution in [0.15, 0.2) is 0 Å². The molecular weight excluding hydrogens is 408 g/mol. The number of urea groups is 1. The minimum atomic E-state index is -0.622. The molecule has 1 saturated heterocycles. The van der Waals surface area contributed by atoms with Crippen LogP contribution >= 0.6 is 27.3 Å². The third-order valence-corrected chi connectivity index (χ3v) is 6.29. The molecule has 1 saturated carbocycles. The van der Waals surface area contributed by atoms with Crippen LogP contribution in [0.5, 0.6) is 0 Å². The summed E-state index contributed by atoms with van der Waals surface area (Å²) in [5, 5.41) is 10.2. The first-order valence-corrected chi connectivity index (χ1v) is 10.7. The van der Waals surface area contributed by atoms with Gasteiger partial charge in [0.05, 0.1) is 0 Å². The summed E-state index contributed by atoms with van der Waals surface area (Å²) in [4.78, 5) is 27.4. The molecule has 0 radical (unpaired) electrons. The first-order chi connectivity index (χ1) is 12.1. The second kappa shape index (κ2) is 8.44. The molecule has 1 aliphatic heterocycles. The van der Waals surface area contributed by atoms with Gasteiger partial charge in [0.2, 0.25) is 5.13 Å². The van der Waals surface area contributed by atoms with Gasteiger partial charge in [-0.25, -0.2) is 9.69 Å². The van der Waals surface area contributed by atoms with E-state index in [-0.39, 0.29) is 17.3 Å². The highest BCUT2D eigenvalue weighted by Crippen LogP contribution is 2.36. The molecule has 2 amide bonds. The Balaban J connectivity index is 1.80. The number of ether oxygens (including phenoxy) is 1. The molecular formula is C16H23BrN4O3S. The highest BCUT2D eigenvalue weighted by Gasteiger charge is 2.37. The fourth-order valence-corrected chi connectivity index (χ4v) is 4.53. The monoisotopic (exact) mass is 430 g/mol. The summed E-state index contributed by atoms with van der Waals surface area (Å²) >= 11 is 4.55. The Morgan fingerprint density at radius 3 is 2.64 bits per heavy atom. The number of hydrogen-bond donors (Lipinski definition) is 0. The SMILES string of the molecule is CN1CCC(OC(=O)CBr)N(c2nnc(C3CCCCCC3)s2)C1=O. The summed E-state index contributed by atoms with van der Waals surface area (Å²) in [6, 6.07) is -0.206. The zero-order valence-electron chi connectivity index (χ0n) is 14.3. The minimum absolute atomic E-state index is 0.102. The molecule has 1 aromatic rings. The van der Waals surface area contributed by atoms with Crippen molar-refractivity contribution >= 4 is 44.4 Å². The largest absolute Gasteiger partial charge is 0.440 e. The number of carbonyl (C=O) groups is 2. The average Bonchev–Trinajstić information content (AvgIpc) is 2.92. The average molecular weight is 431 g/mol. The standard InChI is InChI=1S/C16H23BrN4O3S/c1-20-9-8-12(24-13(22)10-17)21(16(20)23)15-19-18-14(25-15)11-6-4-2-3-5-7-11/h11-12H,2-10H2,1H3. The van der Waals surface area contributed by atoms with Crippen LogP contribution < -0.4 is 4.90 Å². The molecule has 0 aromatic carbocycles. The number of aromatic nitrogens is 2. The second-order valence-electron chi connectivity index (χ2n) is 6.55. The predicted octanol–water partition coefficient (Wildman–Crippen LogP) is 3.50. The van der Waals surface area contributed by atoms with Crippen molar-refractivity contribution in [2.24, 2.45) is 0 Å². The summed E-state index contributed by atoms with van der Waals surface area (Å²) < 4.78 is 5.43. The van der Waals surface area contributed by atoms with Gasteiger partial charge in [-0.15, -0.1) is 10.2 Å². The van der Waals surface area contributed by atoms with E-state index < -0.39 is 6.23 Å². The summed E-state index contributed by atoms with van der Waals surface area (Å²) in [7, 11) is 1.74. The zero-order chi connectivity index (χ0) is 17.8. The molecule has 0 bridgehead atoms. The second-order valence-corrected chi connectivity index (χ2v) is 8.10. The third-order valence-electron chi connectivity index (χ3n) is 4.75. The first kappa shape index (κ1) is 18.6. The highest BCUT2D eigenvalue weighted by atomic mass is 79.9. The lowest BCUT2D eigenvalue weighted by molar-refractivity contribution is -0.146. The number of esters is 1. The van der Waals surface area contributed by atoms with E-state index in [0.717, 1.165) is 17.8 Å². The van der Waals surface area contributed by atoms with Crippen LogP contribution in [0.25, 0.3) is 0 Å². The van der Waals surface area contributed by atoms with Gasteiger partial charge in [-0.2, -0.15) is 0 Å². The van der Waals surface area contributed by atoms with Crippen molar-refractivity contribution in [3.05, 3.63) is 5.01 Å². The Hall–Kier alpha value is -1.22. The van der Waals surface area contributed by atoms with Crippen molar-refractivity contribution in [1.82, 2.24) is 15.1 Å². The van der Waals surface area contributed by atoms with Gasteiger partial charge in [0, 0.05) is 25.9 Å². The quantitative estimate of drug-likeness (QED) is 0.414. The van der Waals surface area contributed by atoms with Crippen molar-refractivity contribution in [2.45, 2.75) is 57.1 Å². The molecule has 1 unspecified atom stereocenters. The molecule has 9 heteroatoms. The number of carbonyl (C=O) groups excluding carboxylic acids is 2. The molecule has 1 aromatic heterocycles. The maximum atomic E-state index is 12.6. The summed E-state index contributed by atoms with van der Waals surface area (Å²) in [5.74, 6) is 0.0378. The summed E-state index contributed by atoms with van der Waals surface area (Å²) in [6.45, 7) is 0.545. The van der Waals surface area contributed by atoms with Gasteiger partial charge in [0.25, 0.3) is 0 Å². The Morgan fingerprint density at radius 1 is 1.24 bits per heavy atom. The number of anilines is 1. The van der Waals surface area contributed by atoms with Crippen molar-refractivity contribution in [2.75, 3.05) is 23.8 Å².